The van der Waals surface area contributed by atoms with Gasteiger partial charge < -0.3 is 10.0 Å². The third-order valence-electron chi connectivity index (χ3n) is 2.42. The van der Waals surface area contributed by atoms with E-state index in [0.29, 0.717) is 11.6 Å². The maximum atomic E-state index is 11.1. The molecule has 1 heterocycles. The van der Waals surface area contributed by atoms with Crippen molar-refractivity contribution in [3.05, 3.63) is 42.1 Å². The average Bonchev–Trinajstić information content (AvgIpc) is 2.39. The van der Waals surface area contributed by atoms with Crippen molar-refractivity contribution in [2.75, 3.05) is 19.0 Å². The highest BCUT2D eigenvalue weighted by atomic mass is 16.4. The van der Waals surface area contributed by atoms with E-state index < -0.39 is 5.97 Å². The van der Waals surface area contributed by atoms with Crippen LogP contribution in [-0.4, -0.2) is 35.1 Å². The molecule has 0 saturated heterocycles. The Morgan fingerprint density at radius 3 is 2.39 bits per heavy atom. The molecule has 0 unspecified atom stereocenters. The molecule has 1 N–H and O–H groups in total. The van der Waals surface area contributed by atoms with Gasteiger partial charge in [0.2, 0.25) is 0 Å². The van der Waals surface area contributed by atoms with Gasteiger partial charge in [-0.05, 0) is 0 Å². The number of carboxylic acids is 1. The first kappa shape index (κ1) is 12.0. The van der Waals surface area contributed by atoms with Gasteiger partial charge in [-0.2, -0.15) is 0 Å². The number of aromatic nitrogens is 2. The maximum Gasteiger partial charge on any atom is 0.354 e. The van der Waals surface area contributed by atoms with Gasteiger partial charge in [-0.25, -0.2) is 14.8 Å². The second-order valence-electron chi connectivity index (χ2n) is 4.00. The van der Waals surface area contributed by atoms with Gasteiger partial charge in [-0.15, -0.1) is 0 Å². The van der Waals surface area contributed by atoms with E-state index in [0.717, 1.165) is 5.56 Å². The Bertz CT molecular complexity index is 568. The summed E-state index contributed by atoms with van der Waals surface area (Å²) in [5, 5.41) is 9.05. The van der Waals surface area contributed by atoms with Crippen LogP contribution in [0.3, 0.4) is 0 Å². The van der Waals surface area contributed by atoms with E-state index in [9.17, 15) is 4.79 Å². The standard InChI is InChI=1S/C13H13N3O2/c1-16(2)11-8-10(13(17)18)14-12(15-11)9-6-4-3-5-7-9/h3-8H,1-2H3,(H,17,18). The van der Waals surface area contributed by atoms with E-state index >= 15 is 0 Å². The number of aromatic carboxylic acids is 1. The summed E-state index contributed by atoms with van der Waals surface area (Å²) < 4.78 is 0. The highest BCUT2D eigenvalue weighted by molar-refractivity contribution is 5.87. The zero-order valence-electron chi connectivity index (χ0n) is 10.2. The van der Waals surface area contributed by atoms with Gasteiger partial charge in [0.25, 0.3) is 0 Å². The van der Waals surface area contributed by atoms with Crippen LogP contribution in [0.2, 0.25) is 0 Å². The molecular weight excluding hydrogens is 230 g/mol. The summed E-state index contributed by atoms with van der Waals surface area (Å²) in [5.74, 6) is -0.0712. The van der Waals surface area contributed by atoms with Gasteiger partial charge >= 0.3 is 5.97 Å². The number of nitrogens with zero attached hydrogens (tertiary/aromatic N) is 3. The average molecular weight is 243 g/mol. The monoisotopic (exact) mass is 243 g/mol. The van der Waals surface area contributed by atoms with Crippen LogP contribution in [0, 0.1) is 0 Å². The molecule has 5 nitrogen and oxygen atoms in total. The Kier molecular flexibility index (Phi) is 3.23. The third kappa shape index (κ3) is 2.45. The molecule has 1 aromatic heterocycles. The molecule has 0 atom stereocenters. The zero-order valence-corrected chi connectivity index (χ0v) is 10.2. The van der Waals surface area contributed by atoms with Crippen LogP contribution < -0.4 is 4.90 Å². The first-order valence-electron chi connectivity index (χ1n) is 5.43. The topological polar surface area (TPSA) is 66.3 Å². The lowest BCUT2D eigenvalue weighted by molar-refractivity contribution is 0.0690. The molecule has 0 aliphatic rings. The second kappa shape index (κ2) is 4.83. The van der Waals surface area contributed by atoms with Crippen molar-refractivity contribution in [3.63, 3.8) is 0 Å². The van der Waals surface area contributed by atoms with E-state index in [1.54, 1.807) is 4.90 Å². The predicted octanol–water partition coefficient (Wildman–Crippen LogP) is 1.91. The van der Waals surface area contributed by atoms with Gasteiger partial charge in [0, 0.05) is 25.7 Å². The molecular formula is C13H13N3O2. The summed E-state index contributed by atoms with van der Waals surface area (Å²) >= 11 is 0. The third-order valence-corrected chi connectivity index (χ3v) is 2.42. The van der Waals surface area contributed by atoms with E-state index in [2.05, 4.69) is 9.97 Å². The number of hydrogen-bond donors (Lipinski definition) is 1. The van der Waals surface area contributed by atoms with Gasteiger partial charge in [0.1, 0.15) is 5.82 Å². The number of rotatable bonds is 3. The Morgan fingerprint density at radius 2 is 1.83 bits per heavy atom. The second-order valence-corrected chi connectivity index (χ2v) is 4.00. The van der Waals surface area contributed by atoms with Crippen LogP contribution in [0.15, 0.2) is 36.4 Å². The molecule has 0 bridgehead atoms. The number of carboxylic acid groups (broad SMARTS) is 1. The molecule has 0 aliphatic carbocycles. The molecule has 1 aromatic carbocycles. The lowest BCUT2D eigenvalue weighted by atomic mass is 10.2. The minimum absolute atomic E-state index is 0.00690. The molecule has 0 saturated carbocycles. The lowest BCUT2D eigenvalue weighted by Crippen LogP contribution is -2.14. The number of hydrogen-bond acceptors (Lipinski definition) is 4. The summed E-state index contributed by atoms with van der Waals surface area (Å²) in [6.45, 7) is 0. The number of benzene rings is 1. The molecule has 5 heteroatoms. The highest BCUT2D eigenvalue weighted by Crippen LogP contribution is 2.18. The van der Waals surface area contributed by atoms with E-state index in [1.807, 2.05) is 44.4 Å². The van der Waals surface area contributed by atoms with Crippen LogP contribution >= 0.6 is 0 Å². The Balaban J connectivity index is 2.57. The molecule has 2 rings (SSSR count). The smallest absolute Gasteiger partial charge is 0.354 e. The van der Waals surface area contributed by atoms with Crippen molar-refractivity contribution in [1.82, 2.24) is 9.97 Å². The first-order valence-corrected chi connectivity index (χ1v) is 5.43. The van der Waals surface area contributed by atoms with E-state index in [-0.39, 0.29) is 5.69 Å². The normalized spacial score (nSPS) is 10.1. The lowest BCUT2D eigenvalue weighted by Gasteiger charge is -2.13. The van der Waals surface area contributed by atoms with Crippen molar-refractivity contribution in [2.45, 2.75) is 0 Å². The Hall–Kier alpha value is -2.43. The van der Waals surface area contributed by atoms with Gasteiger partial charge in [0.05, 0.1) is 0 Å². The summed E-state index contributed by atoms with van der Waals surface area (Å²) in [6.07, 6.45) is 0. The summed E-state index contributed by atoms with van der Waals surface area (Å²) in [6, 6.07) is 10.8. The Morgan fingerprint density at radius 1 is 1.17 bits per heavy atom. The van der Waals surface area contributed by atoms with Gasteiger partial charge in [0.15, 0.2) is 11.5 Å². The summed E-state index contributed by atoms with van der Waals surface area (Å²) in [7, 11) is 3.62. The minimum Gasteiger partial charge on any atom is -0.477 e. The van der Waals surface area contributed by atoms with Crippen molar-refractivity contribution >= 4 is 11.8 Å². The predicted molar refractivity (Wildman–Crippen MR) is 68.8 cm³/mol. The quantitative estimate of drug-likeness (QED) is 0.891. The van der Waals surface area contributed by atoms with E-state index in [4.69, 9.17) is 5.11 Å². The minimum atomic E-state index is -1.06. The van der Waals surface area contributed by atoms with E-state index in [1.165, 1.54) is 6.07 Å². The molecule has 0 radical (unpaired) electrons. The van der Waals surface area contributed by atoms with Gasteiger partial charge in [-0.1, -0.05) is 30.3 Å². The van der Waals surface area contributed by atoms with Gasteiger partial charge in [-0.3, -0.25) is 0 Å². The molecule has 0 fully saturated rings. The van der Waals surface area contributed by atoms with Crippen molar-refractivity contribution < 1.29 is 9.90 Å². The van der Waals surface area contributed by atoms with Crippen LogP contribution in [0.1, 0.15) is 10.5 Å². The van der Waals surface area contributed by atoms with Crippen LogP contribution in [0.4, 0.5) is 5.82 Å². The largest absolute Gasteiger partial charge is 0.477 e. The highest BCUT2D eigenvalue weighted by Gasteiger charge is 2.12. The first-order chi connectivity index (χ1) is 8.58. The molecule has 92 valence electrons. The number of carbonyl (C=O) groups is 1. The molecule has 2 aromatic rings. The molecule has 0 spiro atoms. The van der Waals surface area contributed by atoms with Crippen LogP contribution in [0.5, 0.6) is 0 Å². The van der Waals surface area contributed by atoms with Crippen LogP contribution in [-0.2, 0) is 0 Å². The zero-order chi connectivity index (χ0) is 13.1. The molecule has 18 heavy (non-hydrogen) atoms. The fourth-order valence-electron chi connectivity index (χ4n) is 1.49. The Labute approximate surface area is 105 Å². The van der Waals surface area contributed by atoms with Crippen molar-refractivity contribution in [1.29, 1.82) is 0 Å². The fraction of sp³-hybridized carbons (Fsp3) is 0.154. The molecule has 0 aliphatic heterocycles. The number of anilines is 1. The van der Waals surface area contributed by atoms with Crippen LogP contribution in [0.25, 0.3) is 11.4 Å². The summed E-state index contributed by atoms with van der Waals surface area (Å²) in [4.78, 5) is 21.2. The maximum absolute atomic E-state index is 11.1. The van der Waals surface area contributed by atoms with Crippen molar-refractivity contribution in [3.8, 4) is 11.4 Å². The SMILES string of the molecule is CN(C)c1cc(C(=O)O)nc(-c2ccccc2)n1. The summed E-state index contributed by atoms with van der Waals surface area (Å²) in [5.41, 5.74) is 0.788. The van der Waals surface area contributed by atoms with Crippen molar-refractivity contribution in [2.24, 2.45) is 0 Å². The molecule has 0 amide bonds. The fourth-order valence-corrected chi connectivity index (χ4v) is 1.49.